The Kier molecular flexibility index (Phi) is 5.32. The lowest BCUT2D eigenvalue weighted by Gasteiger charge is -2.33. The molecular weight excluding hydrogens is 199 g/mol. The highest BCUT2D eigenvalue weighted by Gasteiger charge is 2.28. The summed E-state index contributed by atoms with van der Waals surface area (Å²) in [5.41, 5.74) is 0. The van der Waals surface area contributed by atoms with Crippen molar-refractivity contribution in [1.29, 1.82) is 0 Å². The minimum Gasteiger partial charge on any atom is -0.316 e. The molecule has 0 aromatic carbocycles. The lowest BCUT2D eigenvalue weighted by molar-refractivity contribution is 0.0606. The van der Waals surface area contributed by atoms with Crippen molar-refractivity contribution < 1.29 is 13.6 Å². The third-order valence-corrected chi connectivity index (χ3v) is 3.91. The number of rotatable bonds is 4. The normalized spacial score (nSPS) is 33.6. The van der Waals surface area contributed by atoms with Gasteiger partial charge in [-0.1, -0.05) is 13.8 Å². The van der Waals surface area contributed by atoms with Crippen molar-refractivity contribution in [3.8, 4) is 0 Å². The van der Waals surface area contributed by atoms with Gasteiger partial charge in [0.1, 0.15) is 0 Å². The van der Waals surface area contributed by atoms with E-state index in [-0.39, 0.29) is 0 Å². The van der Waals surface area contributed by atoms with Crippen LogP contribution in [-0.2, 0) is 13.6 Å². The summed E-state index contributed by atoms with van der Waals surface area (Å²) in [6.07, 6.45) is 3.96. The molecule has 0 radical (unpaired) electrons. The first-order valence-corrected chi connectivity index (χ1v) is 6.32. The fourth-order valence-electron chi connectivity index (χ4n) is 2.07. The smallest absolute Gasteiger partial charge is 0.316 e. The molecular formula is C10H21O3P. The van der Waals surface area contributed by atoms with Crippen LogP contribution in [0.4, 0.5) is 0 Å². The van der Waals surface area contributed by atoms with Gasteiger partial charge < -0.3 is 13.6 Å². The fourth-order valence-corrected chi connectivity index (χ4v) is 2.92. The Balaban J connectivity index is 2.36. The van der Waals surface area contributed by atoms with Crippen LogP contribution < -0.4 is 0 Å². The molecule has 1 fully saturated rings. The van der Waals surface area contributed by atoms with Crippen LogP contribution in [0.15, 0.2) is 0 Å². The van der Waals surface area contributed by atoms with Crippen LogP contribution in [0.5, 0.6) is 0 Å². The first-order chi connectivity index (χ1) is 6.67. The summed E-state index contributed by atoms with van der Waals surface area (Å²) >= 11 is 0. The number of hydrogen-bond donors (Lipinski definition) is 0. The van der Waals surface area contributed by atoms with Crippen LogP contribution in [0.2, 0.25) is 0 Å². The van der Waals surface area contributed by atoms with E-state index in [9.17, 15) is 0 Å². The Morgan fingerprint density at radius 1 is 1.07 bits per heavy atom. The summed E-state index contributed by atoms with van der Waals surface area (Å²) in [4.78, 5) is 0. The summed E-state index contributed by atoms with van der Waals surface area (Å²) in [6, 6.07) is 0. The Bertz CT molecular complexity index is 161. The van der Waals surface area contributed by atoms with E-state index in [1.165, 1.54) is 12.8 Å². The third-order valence-electron chi connectivity index (χ3n) is 2.87. The monoisotopic (exact) mass is 220 g/mol. The third kappa shape index (κ3) is 3.47. The van der Waals surface area contributed by atoms with Gasteiger partial charge in [0.25, 0.3) is 0 Å². The predicted octanol–water partition coefficient (Wildman–Crippen LogP) is 3.35. The maximum absolute atomic E-state index is 5.77. The van der Waals surface area contributed by atoms with Gasteiger partial charge in [-0.05, 0) is 31.1 Å². The van der Waals surface area contributed by atoms with Crippen LogP contribution in [-0.4, -0.2) is 20.3 Å². The molecule has 1 saturated carbocycles. The van der Waals surface area contributed by atoms with Gasteiger partial charge in [-0.3, -0.25) is 0 Å². The van der Waals surface area contributed by atoms with E-state index in [1.54, 1.807) is 14.2 Å². The van der Waals surface area contributed by atoms with Crippen molar-refractivity contribution in [1.82, 2.24) is 0 Å². The van der Waals surface area contributed by atoms with Gasteiger partial charge in [-0.15, -0.1) is 0 Å². The molecule has 0 aromatic rings. The topological polar surface area (TPSA) is 27.7 Å². The van der Waals surface area contributed by atoms with Crippen LogP contribution in [0.3, 0.4) is 0 Å². The lowest BCUT2D eigenvalue weighted by atomic mass is 9.81. The molecule has 1 aliphatic rings. The van der Waals surface area contributed by atoms with Gasteiger partial charge in [0.05, 0.1) is 6.10 Å². The molecule has 0 aliphatic heterocycles. The Labute approximate surface area is 88.1 Å². The Morgan fingerprint density at radius 3 is 2.21 bits per heavy atom. The molecule has 0 aromatic heterocycles. The van der Waals surface area contributed by atoms with Crippen LogP contribution in [0.1, 0.15) is 33.1 Å². The summed E-state index contributed by atoms with van der Waals surface area (Å²) < 4.78 is 16.0. The molecule has 14 heavy (non-hydrogen) atoms. The zero-order valence-corrected chi connectivity index (χ0v) is 10.4. The molecule has 0 N–H and O–H groups in total. The molecule has 1 aliphatic carbocycles. The lowest BCUT2D eigenvalue weighted by Crippen LogP contribution is -2.27. The molecule has 0 amide bonds. The van der Waals surface area contributed by atoms with E-state index in [0.717, 1.165) is 12.3 Å². The van der Waals surface area contributed by atoms with Crippen molar-refractivity contribution in [2.45, 2.75) is 39.2 Å². The second kappa shape index (κ2) is 6.02. The van der Waals surface area contributed by atoms with Crippen molar-refractivity contribution >= 4 is 8.60 Å². The molecule has 3 unspecified atom stereocenters. The standard InChI is InChI=1S/C10H21O3P/c1-8-5-6-10(9(2)7-8)13-14(11-3)12-4/h8-10H,5-7H2,1-4H3. The molecule has 84 valence electrons. The molecule has 1 rings (SSSR count). The molecule has 0 saturated heterocycles. The summed E-state index contributed by atoms with van der Waals surface area (Å²) in [6.45, 7) is 4.56. The van der Waals surface area contributed by atoms with Crippen LogP contribution >= 0.6 is 8.60 Å². The minimum absolute atomic E-state index is 0.317. The van der Waals surface area contributed by atoms with Gasteiger partial charge in [0, 0.05) is 14.2 Å². The van der Waals surface area contributed by atoms with E-state index in [2.05, 4.69) is 13.8 Å². The minimum atomic E-state index is -1.12. The zero-order valence-electron chi connectivity index (χ0n) is 9.53. The largest absolute Gasteiger partial charge is 0.332 e. The average molecular weight is 220 g/mol. The first-order valence-electron chi connectivity index (χ1n) is 5.22. The van der Waals surface area contributed by atoms with E-state index >= 15 is 0 Å². The zero-order chi connectivity index (χ0) is 10.6. The van der Waals surface area contributed by atoms with E-state index in [0.29, 0.717) is 12.0 Å². The highest BCUT2D eigenvalue weighted by Crippen LogP contribution is 2.43. The van der Waals surface area contributed by atoms with Crippen LogP contribution in [0, 0.1) is 11.8 Å². The van der Waals surface area contributed by atoms with Gasteiger partial charge in [-0.2, -0.15) is 0 Å². The summed E-state index contributed by atoms with van der Waals surface area (Å²) in [7, 11) is 2.14. The maximum Gasteiger partial charge on any atom is 0.332 e. The average Bonchev–Trinajstić information content (AvgIpc) is 2.17. The van der Waals surface area contributed by atoms with Gasteiger partial charge >= 0.3 is 8.60 Å². The SMILES string of the molecule is COP(OC)OC1CCC(C)CC1C. The van der Waals surface area contributed by atoms with Gasteiger partial charge in [-0.25, -0.2) is 0 Å². The highest BCUT2D eigenvalue weighted by molar-refractivity contribution is 7.41. The van der Waals surface area contributed by atoms with Gasteiger partial charge in [0.2, 0.25) is 0 Å². The molecule has 0 spiro atoms. The van der Waals surface area contributed by atoms with Crippen molar-refractivity contribution in [2.24, 2.45) is 11.8 Å². The Hall–Kier alpha value is 0.310. The van der Waals surface area contributed by atoms with Crippen molar-refractivity contribution in [2.75, 3.05) is 14.2 Å². The van der Waals surface area contributed by atoms with E-state index in [1.807, 2.05) is 0 Å². The summed E-state index contributed by atoms with van der Waals surface area (Å²) in [5, 5.41) is 0. The van der Waals surface area contributed by atoms with Crippen molar-refractivity contribution in [3.05, 3.63) is 0 Å². The van der Waals surface area contributed by atoms with Gasteiger partial charge in [0.15, 0.2) is 0 Å². The molecule has 0 heterocycles. The van der Waals surface area contributed by atoms with E-state index < -0.39 is 8.60 Å². The Morgan fingerprint density at radius 2 is 1.71 bits per heavy atom. The van der Waals surface area contributed by atoms with E-state index in [4.69, 9.17) is 13.6 Å². The predicted molar refractivity (Wildman–Crippen MR) is 58.0 cm³/mol. The molecule has 3 atom stereocenters. The molecule has 0 bridgehead atoms. The van der Waals surface area contributed by atoms with Crippen LogP contribution in [0.25, 0.3) is 0 Å². The quantitative estimate of drug-likeness (QED) is 0.680. The summed E-state index contributed by atoms with van der Waals surface area (Å²) in [5.74, 6) is 1.45. The molecule has 4 heteroatoms. The highest BCUT2D eigenvalue weighted by atomic mass is 31.2. The maximum atomic E-state index is 5.77. The van der Waals surface area contributed by atoms with Crippen molar-refractivity contribution in [3.63, 3.8) is 0 Å². The second-order valence-corrected chi connectivity index (χ2v) is 5.52. The second-order valence-electron chi connectivity index (χ2n) is 4.13. The molecule has 3 nitrogen and oxygen atoms in total. The fraction of sp³-hybridized carbons (Fsp3) is 1.00. The first kappa shape index (κ1) is 12.4. The number of hydrogen-bond acceptors (Lipinski definition) is 3.